The van der Waals surface area contributed by atoms with E-state index in [1.54, 1.807) is 23.6 Å². The summed E-state index contributed by atoms with van der Waals surface area (Å²) in [6, 6.07) is 11.3. The predicted molar refractivity (Wildman–Crippen MR) is 109 cm³/mol. The summed E-state index contributed by atoms with van der Waals surface area (Å²) >= 11 is 13.8. The molecular weight excluding hydrogens is 389 g/mol. The van der Waals surface area contributed by atoms with Gasteiger partial charge in [-0.25, -0.2) is 5.43 Å². The Kier molecular flexibility index (Phi) is 5.81. The largest absolute Gasteiger partial charge is 0.318 e. The number of nitrogens with zero attached hydrogens (tertiary/aromatic N) is 2. The molecule has 3 rings (SSSR count). The van der Waals surface area contributed by atoms with Crippen LogP contribution in [0.5, 0.6) is 0 Å². The SMILES string of the molecule is Cc1cc(/C=N\NC(=O)Cc2cccs2)c(C)n1-c1cc(Cl)cc(Cl)c1. The fraction of sp³-hybridized carbons (Fsp3) is 0.158. The van der Waals surface area contributed by atoms with Gasteiger partial charge in [-0.05, 0) is 49.6 Å². The molecule has 0 radical (unpaired) electrons. The minimum absolute atomic E-state index is 0.140. The Morgan fingerprint density at radius 2 is 1.96 bits per heavy atom. The Balaban J connectivity index is 1.76. The molecule has 1 N–H and O–H groups in total. The molecule has 3 aromatic rings. The third kappa shape index (κ3) is 4.36. The van der Waals surface area contributed by atoms with E-state index in [1.165, 1.54) is 0 Å². The quantitative estimate of drug-likeness (QED) is 0.462. The summed E-state index contributed by atoms with van der Waals surface area (Å²) in [5, 5.41) is 7.19. The molecule has 26 heavy (non-hydrogen) atoms. The fourth-order valence-electron chi connectivity index (χ4n) is 2.77. The Bertz CT molecular complexity index is 941. The van der Waals surface area contributed by atoms with Crippen molar-refractivity contribution in [3.8, 4) is 5.69 Å². The van der Waals surface area contributed by atoms with Gasteiger partial charge in [0.15, 0.2) is 0 Å². The van der Waals surface area contributed by atoms with Crippen molar-refractivity contribution in [3.63, 3.8) is 0 Å². The zero-order valence-electron chi connectivity index (χ0n) is 14.3. The lowest BCUT2D eigenvalue weighted by Crippen LogP contribution is -2.19. The second-order valence-corrected chi connectivity index (χ2v) is 7.74. The van der Waals surface area contributed by atoms with E-state index in [0.29, 0.717) is 16.5 Å². The highest BCUT2D eigenvalue weighted by atomic mass is 35.5. The smallest absolute Gasteiger partial charge is 0.245 e. The Morgan fingerprint density at radius 1 is 1.23 bits per heavy atom. The highest BCUT2D eigenvalue weighted by Crippen LogP contribution is 2.26. The maximum atomic E-state index is 11.9. The van der Waals surface area contributed by atoms with Crippen LogP contribution in [0.15, 0.2) is 46.9 Å². The molecule has 0 fully saturated rings. The van der Waals surface area contributed by atoms with Crippen LogP contribution in [0.25, 0.3) is 5.69 Å². The van der Waals surface area contributed by atoms with Crippen molar-refractivity contribution >= 4 is 46.7 Å². The van der Waals surface area contributed by atoms with Crippen molar-refractivity contribution in [1.82, 2.24) is 9.99 Å². The van der Waals surface area contributed by atoms with Gasteiger partial charge in [0.05, 0.1) is 12.6 Å². The normalized spacial score (nSPS) is 11.2. The van der Waals surface area contributed by atoms with E-state index >= 15 is 0 Å². The molecule has 0 aliphatic carbocycles. The average Bonchev–Trinajstić information content (AvgIpc) is 3.15. The molecule has 0 unspecified atom stereocenters. The lowest BCUT2D eigenvalue weighted by atomic mass is 10.2. The van der Waals surface area contributed by atoms with Crippen LogP contribution >= 0.6 is 34.5 Å². The van der Waals surface area contributed by atoms with Gasteiger partial charge in [0.1, 0.15) is 0 Å². The summed E-state index contributed by atoms with van der Waals surface area (Å²) in [7, 11) is 0. The van der Waals surface area contributed by atoms with Gasteiger partial charge in [0.25, 0.3) is 0 Å². The second-order valence-electron chi connectivity index (χ2n) is 5.84. The number of thiophene rings is 1. The first kappa shape index (κ1) is 18.7. The molecule has 0 aliphatic rings. The first-order valence-corrected chi connectivity index (χ1v) is 9.57. The summed E-state index contributed by atoms with van der Waals surface area (Å²) in [5.41, 5.74) is 6.37. The van der Waals surface area contributed by atoms with Crippen molar-refractivity contribution in [2.75, 3.05) is 0 Å². The van der Waals surface area contributed by atoms with Crippen molar-refractivity contribution in [2.45, 2.75) is 20.3 Å². The molecule has 0 saturated carbocycles. The lowest BCUT2D eigenvalue weighted by Gasteiger charge is -2.10. The number of benzene rings is 1. The number of carbonyl (C=O) groups excluding carboxylic acids is 1. The van der Waals surface area contributed by atoms with Crippen LogP contribution in [-0.2, 0) is 11.2 Å². The number of nitrogens with one attached hydrogen (secondary N) is 1. The Labute approximate surface area is 166 Å². The van der Waals surface area contributed by atoms with Crippen molar-refractivity contribution in [3.05, 3.63) is 73.7 Å². The molecule has 0 atom stereocenters. The molecule has 0 spiro atoms. The van der Waals surface area contributed by atoms with Gasteiger partial charge >= 0.3 is 0 Å². The van der Waals surface area contributed by atoms with E-state index in [9.17, 15) is 4.79 Å². The molecular formula is C19H17Cl2N3OS. The Hall–Kier alpha value is -2.08. The summed E-state index contributed by atoms with van der Waals surface area (Å²) in [6.07, 6.45) is 1.98. The third-order valence-electron chi connectivity index (χ3n) is 3.88. The topological polar surface area (TPSA) is 46.4 Å². The summed E-state index contributed by atoms with van der Waals surface area (Å²) < 4.78 is 2.05. The van der Waals surface area contributed by atoms with E-state index < -0.39 is 0 Å². The van der Waals surface area contributed by atoms with Gasteiger partial charge in [-0.2, -0.15) is 5.10 Å². The number of carbonyl (C=O) groups is 1. The zero-order valence-corrected chi connectivity index (χ0v) is 16.6. The minimum atomic E-state index is -0.140. The summed E-state index contributed by atoms with van der Waals surface area (Å²) in [6.45, 7) is 3.98. The maximum absolute atomic E-state index is 11.9. The molecule has 4 nitrogen and oxygen atoms in total. The van der Waals surface area contributed by atoms with Gasteiger partial charge in [-0.1, -0.05) is 29.3 Å². The van der Waals surface area contributed by atoms with E-state index in [-0.39, 0.29) is 5.91 Å². The first-order valence-electron chi connectivity index (χ1n) is 7.94. The van der Waals surface area contributed by atoms with Gasteiger partial charge in [0, 0.05) is 37.6 Å². The van der Waals surface area contributed by atoms with Crippen LogP contribution in [0.3, 0.4) is 0 Å². The molecule has 1 aromatic carbocycles. The molecule has 134 valence electrons. The Morgan fingerprint density at radius 3 is 2.62 bits per heavy atom. The van der Waals surface area contributed by atoms with Crippen LogP contribution in [0.1, 0.15) is 21.8 Å². The van der Waals surface area contributed by atoms with Crippen molar-refractivity contribution in [1.29, 1.82) is 0 Å². The van der Waals surface area contributed by atoms with Gasteiger partial charge < -0.3 is 4.57 Å². The number of hydrogen-bond donors (Lipinski definition) is 1. The number of aryl methyl sites for hydroxylation is 1. The third-order valence-corrected chi connectivity index (χ3v) is 5.20. The van der Waals surface area contributed by atoms with Gasteiger partial charge in [0.2, 0.25) is 5.91 Å². The van der Waals surface area contributed by atoms with Crippen LogP contribution in [0, 0.1) is 13.8 Å². The van der Waals surface area contributed by atoms with Gasteiger partial charge in [-0.15, -0.1) is 11.3 Å². The number of aromatic nitrogens is 1. The summed E-state index contributed by atoms with van der Waals surface area (Å²) in [4.78, 5) is 12.9. The van der Waals surface area contributed by atoms with Gasteiger partial charge in [-0.3, -0.25) is 4.79 Å². The highest BCUT2D eigenvalue weighted by molar-refractivity contribution is 7.10. The zero-order chi connectivity index (χ0) is 18.7. The fourth-order valence-corrected chi connectivity index (χ4v) is 3.99. The standard InChI is InChI=1S/C19H17Cl2N3OS/c1-12-6-14(11-22-23-19(25)10-18-4-3-5-26-18)13(2)24(12)17-8-15(20)7-16(21)9-17/h3-9,11H,10H2,1-2H3,(H,23,25)/b22-11-. The molecule has 7 heteroatoms. The van der Waals surface area contributed by atoms with E-state index in [4.69, 9.17) is 23.2 Å². The monoisotopic (exact) mass is 405 g/mol. The molecule has 2 heterocycles. The minimum Gasteiger partial charge on any atom is -0.318 e. The van der Waals surface area contributed by atoms with Crippen LogP contribution < -0.4 is 5.43 Å². The number of amides is 1. The highest BCUT2D eigenvalue weighted by Gasteiger charge is 2.11. The average molecular weight is 406 g/mol. The number of rotatable bonds is 5. The maximum Gasteiger partial charge on any atom is 0.245 e. The second kappa shape index (κ2) is 8.08. The predicted octanol–water partition coefficient (Wildman–Crippen LogP) is 5.16. The molecule has 0 aliphatic heterocycles. The van der Waals surface area contributed by atoms with E-state index in [1.807, 2.05) is 54.1 Å². The lowest BCUT2D eigenvalue weighted by molar-refractivity contribution is -0.120. The van der Waals surface area contributed by atoms with Crippen LogP contribution in [0.2, 0.25) is 10.0 Å². The molecule has 0 saturated heterocycles. The number of hydrogen-bond acceptors (Lipinski definition) is 3. The van der Waals surface area contributed by atoms with Crippen LogP contribution in [-0.4, -0.2) is 16.7 Å². The molecule has 0 bridgehead atoms. The van der Waals surface area contributed by atoms with E-state index in [2.05, 4.69) is 10.5 Å². The van der Waals surface area contributed by atoms with Crippen molar-refractivity contribution < 1.29 is 4.79 Å². The first-order chi connectivity index (χ1) is 12.4. The number of hydrazone groups is 1. The van der Waals surface area contributed by atoms with Crippen molar-refractivity contribution in [2.24, 2.45) is 5.10 Å². The summed E-state index contributed by atoms with van der Waals surface area (Å²) in [5.74, 6) is -0.140. The van der Waals surface area contributed by atoms with Crippen LogP contribution in [0.4, 0.5) is 0 Å². The molecule has 2 aromatic heterocycles. The van der Waals surface area contributed by atoms with E-state index in [0.717, 1.165) is 27.5 Å². The molecule has 1 amide bonds. The number of halogens is 2.